The molecule has 0 bridgehead atoms. The monoisotopic (exact) mass is 323 g/mol. The zero-order chi connectivity index (χ0) is 17.1. The summed E-state index contributed by atoms with van der Waals surface area (Å²) < 4.78 is 4.93. The number of carbonyl (C=O) groups is 1. The summed E-state index contributed by atoms with van der Waals surface area (Å²) in [6.07, 6.45) is 6.97. The summed E-state index contributed by atoms with van der Waals surface area (Å²) in [5.74, 6) is -0.228. The molecule has 0 aliphatic carbocycles. The van der Waals surface area contributed by atoms with Gasteiger partial charge < -0.3 is 20.3 Å². The lowest BCUT2D eigenvalue weighted by Gasteiger charge is -2.13. The van der Waals surface area contributed by atoms with Crippen LogP contribution >= 0.6 is 0 Å². The topological polar surface area (TPSA) is 78.8 Å². The number of rotatable bonds is 11. The molecule has 0 aliphatic heterocycles. The summed E-state index contributed by atoms with van der Waals surface area (Å²) in [5, 5.41) is 22.4. The Hall–Kier alpha value is -1.75. The highest BCUT2D eigenvalue weighted by atomic mass is 16.5. The largest absolute Gasteiger partial charge is 0.504 e. The summed E-state index contributed by atoms with van der Waals surface area (Å²) in [6.45, 7) is 2.76. The van der Waals surface area contributed by atoms with Crippen LogP contribution in [0.2, 0.25) is 0 Å². The number of aliphatic hydroxyl groups excluding tert-OH is 1. The van der Waals surface area contributed by atoms with Crippen molar-refractivity contribution in [3.63, 3.8) is 0 Å². The van der Waals surface area contributed by atoms with Gasteiger partial charge in [-0.25, -0.2) is 0 Å². The van der Waals surface area contributed by atoms with E-state index >= 15 is 0 Å². The first-order chi connectivity index (χ1) is 11.1. The molecule has 0 aromatic heterocycles. The number of nitrogens with one attached hydrogen (secondary N) is 1. The molecule has 5 nitrogen and oxygen atoms in total. The molecule has 1 aromatic rings. The number of hydrogen-bond donors (Lipinski definition) is 3. The van der Waals surface area contributed by atoms with E-state index in [1.54, 1.807) is 6.07 Å². The molecule has 5 heteroatoms. The third-order valence-electron chi connectivity index (χ3n) is 3.85. The predicted octanol–water partition coefficient (Wildman–Crippen LogP) is 3.30. The molecule has 1 atom stereocenters. The third kappa shape index (κ3) is 6.91. The van der Waals surface area contributed by atoms with Gasteiger partial charge in [-0.2, -0.15) is 0 Å². The Bertz CT molecular complexity index is 476. The Balaban J connectivity index is 2.27. The zero-order valence-corrected chi connectivity index (χ0v) is 14.2. The first-order valence-corrected chi connectivity index (χ1v) is 8.42. The number of ether oxygens (including phenoxy) is 1. The fourth-order valence-corrected chi connectivity index (χ4v) is 2.42. The fraction of sp³-hybridized carbons (Fsp3) is 0.611. The van der Waals surface area contributed by atoms with Crippen molar-refractivity contribution < 1.29 is 19.7 Å². The van der Waals surface area contributed by atoms with Crippen LogP contribution in [0.4, 0.5) is 0 Å². The summed E-state index contributed by atoms with van der Waals surface area (Å²) in [6, 6.07) is 4.44. The maximum atomic E-state index is 11.9. The van der Waals surface area contributed by atoms with Gasteiger partial charge in [0.15, 0.2) is 17.6 Å². The average Bonchev–Trinajstić information content (AvgIpc) is 2.56. The van der Waals surface area contributed by atoms with Gasteiger partial charge in [-0.1, -0.05) is 51.5 Å². The number of hydrogen-bond acceptors (Lipinski definition) is 4. The molecule has 1 unspecified atom stereocenters. The highest BCUT2D eigenvalue weighted by Crippen LogP contribution is 2.28. The number of aromatic hydroxyl groups is 1. The molecule has 23 heavy (non-hydrogen) atoms. The van der Waals surface area contributed by atoms with E-state index in [0.717, 1.165) is 12.8 Å². The molecule has 0 saturated heterocycles. The summed E-state index contributed by atoms with van der Waals surface area (Å²) in [5.41, 5.74) is 0.348. The first-order valence-electron chi connectivity index (χ1n) is 8.42. The van der Waals surface area contributed by atoms with Crippen molar-refractivity contribution in [2.75, 3.05) is 13.7 Å². The third-order valence-corrected chi connectivity index (χ3v) is 3.85. The standard InChI is InChI=1S/C18H29NO4/c1-3-4-5-6-7-8-9-12-19-18(22)17(21)14-10-11-16(23-2)15(20)13-14/h10-11,13,17,20-21H,3-9,12H2,1-2H3,(H,19,22). The second-order valence-electron chi connectivity index (χ2n) is 5.75. The zero-order valence-electron chi connectivity index (χ0n) is 14.2. The van der Waals surface area contributed by atoms with E-state index in [9.17, 15) is 15.0 Å². The number of amides is 1. The lowest BCUT2D eigenvalue weighted by atomic mass is 10.1. The molecule has 0 aliphatic rings. The van der Waals surface area contributed by atoms with E-state index in [1.165, 1.54) is 51.3 Å². The Morgan fingerprint density at radius 2 is 1.83 bits per heavy atom. The maximum Gasteiger partial charge on any atom is 0.253 e. The van der Waals surface area contributed by atoms with Crippen LogP contribution in [0.3, 0.4) is 0 Å². The number of methoxy groups -OCH3 is 1. The molecular formula is C18H29NO4. The number of phenolic OH excluding ortho intramolecular Hbond substituents is 1. The predicted molar refractivity (Wildman–Crippen MR) is 90.6 cm³/mol. The van der Waals surface area contributed by atoms with Crippen molar-refractivity contribution in [1.82, 2.24) is 5.32 Å². The van der Waals surface area contributed by atoms with Crippen molar-refractivity contribution in [3.05, 3.63) is 23.8 Å². The smallest absolute Gasteiger partial charge is 0.253 e. The van der Waals surface area contributed by atoms with Crippen LogP contribution in [-0.4, -0.2) is 29.8 Å². The Morgan fingerprint density at radius 3 is 2.43 bits per heavy atom. The SMILES string of the molecule is CCCCCCCCCNC(=O)C(O)c1ccc(OC)c(O)c1. The van der Waals surface area contributed by atoms with Crippen molar-refractivity contribution in [1.29, 1.82) is 0 Å². The first kappa shape index (κ1) is 19.3. The van der Waals surface area contributed by atoms with E-state index in [1.807, 2.05) is 0 Å². The van der Waals surface area contributed by atoms with Gasteiger partial charge in [0.2, 0.25) is 0 Å². The van der Waals surface area contributed by atoms with Gasteiger partial charge in [0.25, 0.3) is 5.91 Å². The lowest BCUT2D eigenvalue weighted by molar-refractivity contribution is -0.129. The Labute approximate surface area is 138 Å². The van der Waals surface area contributed by atoms with Gasteiger partial charge in [0.05, 0.1) is 7.11 Å². The van der Waals surface area contributed by atoms with Gasteiger partial charge >= 0.3 is 0 Å². The van der Waals surface area contributed by atoms with E-state index in [2.05, 4.69) is 12.2 Å². The van der Waals surface area contributed by atoms with Crippen LogP contribution < -0.4 is 10.1 Å². The minimum absolute atomic E-state index is 0.0936. The lowest BCUT2D eigenvalue weighted by Crippen LogP contribution is -2.30. The maximum absolute atomic E-state index is 11.9. The van der Waals surface area contributed by atoms with Crippen LogP contribution in [0.25, 0.3) is 0 Å². The van der Waals surface area contributed by atoms with Gasteiger partial charge in [0.1, 0.15) is 0 Å². The number of carbonyl (C=O) groups excluding carboxylic acids is 1. The molecule has 0 saturated carbocycles. The van der Waals surface area contributed by atoms with E-state index < -0.39 is 12.0 Å². The molecule has 0 radical (unpaired) electrons. The second kappa shape index (κ2) is 10.9. The van der Waals surface area contributed by atoms with Crippen molar-refractivity contribution >= 4 is 5.91 Å². The van der Waals surface area contributed by atoms with Gasteiger partial charge in [0, 0.05) is 6.54 Å². The quantitative estimate of drug-likeness (QED) is 0.546. The van der Waals surface area contributed by atoms with Gasteiger partial charge in [-0.15, -0.1) is 0 Å². The van der Waals surface area contributed by atoms with E-state index in [4.69, 9.17) is 4.74 Å². The Kier molecular flexibility index (Phi) is 9.14. The van der Waals surface area contributed by atoms with Gasteiger partial charge in [-0.3, -0.25) is 4.79 Å². The highest BCUT2D eigenvalue weighted by molar-refractivity contribution is 5.82. The molecule has 1 amide bonds. The summed E-state index contributed by atoms with van der Waals surface area (Å²) >= 11 is 0. The molecule has 0 fully saturated rings. The number of phenols is 1. The van der Waals surface area contributed by atoms with Crippen molar-refractivity contribution in [2.45, 2.75) is 58.0 Å². The highest BCUT2D eigenvalue weighted by Gasteiger charge is 2.18. The molecular weight excluding hydrogens is 294 g/mol. The molecule has 0 spiro atoms. The fourth-order valence-electron chi connectivity index (χ4n) is 2.42. The molecule has 0 heterocycles. The number of aliphatic hydroxyl groups is 1. The summed E-state index contributed by atoms with van der Waals surface area (Å²) in [7, 11) is 1.44. The van der Waals surface area contributed by atoms with E-state index in [-0.39, 0.29) is 5.75 Å². The van der Waals surface area contributed by atoms with Gasteiger partial charge in [-0.05, 0) is 24.1 Å². The molecule has 3 N–H and O–H groups in total. The summed E-state index contributed by atoms with van der Waals surface area (Å²) in [4.78, 5) is 11.9. The minimum Gasteiger partial charge on any atom is -0.504 e. The van der Waals surface area contributed by atoms with Crippen LogP contribution in [-0.2, 0) is 4.79 Å². The number of unbranched alkanes of at least 4 members (excludes halogenated alkanes) is 6. The Morgan fingerprint density at radius 1 is 1.17 bits per heavy atom. The molecule has 130 valence electrons. The van der Waals surface area contributed by atoms with Crippen LogP contribution in [0.5, 0.6) is 11.5 Å². The molecule has 1 rings (SSSR count). The second-order valence-corrected chi connectivity index (χ2v) is 5.75. The average molecular weight is 323 g/mol. The van der Waals surface area contributed by atoms with Crippen LogP contribution in [0.1, 0.15) is 63.5 Å². The number of benzene rings is 1. The normalized spacial score (nSPS) is 12.0. The van der Waals surface area contributed by atoms with Crippen molar-refractivity contribution in [3.8, 4) is 11.5 Å². The van der Waals surface area contributed by atoms with E-state index in [0.29, 0.717) is 17.9 Å². The van der Waals surface area contributed by atoms with Crippen molar-refractivity contribution in [2.24, 2.45) is 0 Å². The minimum atomic E-state index is -1.28. The van der Waals surface area contributed by atoms with Crippen LogP contribution in [0, 0.1) is 0 Å². The molecule has 1 aromatic carbocycles. The van der Waals surface area contributed by atoms with Crippen LogP contribution in [0.15, 0.2) is 18.2 Å².